The molecule has 35 heavy (non-hydrogen) atoms. The molecule has 0 aliphatic carbocycles. The summed E-state index contributed by atoms with van der Waals surface area (Å²) in [6.07, 6.45) is 2.78. The second-order valence-corrected chi connectivity index (χ2v) is 10.2. The molecule has 4 aromatic rings. The molecule has 5 heterocycles. The first-order chi connectivity index (χ1) is 16.8. The molecule has 2 atom stereocenters. The standard InChI is InChI=1S/C23H30N8O3S/c1-13(2)17-9-26-31-20(25-8-16-10-30-14(3)12-35-22(30)27-16)6-19(28-21(17)31)24-7-15-4-5-29(23(33)34)11-18(15)32/h6,9-10,12-13,15,18,25,32H,4-5,7-8,11H2,1-3H3,(H,24,28)(H,33,34)/t15-,18+/m1/s1. The number of aliphatic hydroxyl groups is 1. The van der Waals surface area contributed by atoms with Crippen molar-refractivity contribution >= 4 is 39.7 Å². The normalized spacial score (nSPS) is 18.6. The summed E-state index contributed by atoms with van der Waals surface area (Å²) in [6.45, 7) is 7.86. The number of nitrogens with zero attached hydrogens (tertiary/aromatic N) is 6. The van der Waals surface area contributed by atoms with Gasteiger partial charge in [-0.1, -0.05) is 13.8 Å². The molecule has 1 fully saturated rings. The van der Waals surface area contributed by atoms with Crippen LogP contribution in [0.2, 0.25) is 0 Å². The van der Waals surface area contributed by atoms with Crippen LogP contribution >= 0.6 is 11.3 Å². The van der Waals surface area contributed by atoms with Crippen molar-refractivity contribution in [2.75, 3.05) is 30.3 Å². The molecule has 1 saturated heterocycles. The Hall–Kier alpha value is -3.38. The zero-order valence-electron chi connectivity index (χ0n) is 20.0. The van der Waals surface area contributed by atoms with E-state index in [-0.39, 0.29) is 18.4 Å². The minimum absolute atomic E-state index is 0.0590. The first-order valence-corrected chi connectivity index (χ1v) is 12.6. The minimum Gasteiger partial charge on any atom is -0.465 e. The number of carboxylic acid groups (broad SMARTS) is 1. The van der Waals surface area contributed by atoms with Crippen LogP contribution in [-0.2, 0) is 6.54 Å². The Bertz CT molecular complexity index is 1360. The molecular formula is C23H30N8O3S. The number of carbonyl (C=O) groups is 1. The van der Waals surface area contributed by atoms with Crippen LogP contribution in [-0.4, -0.2) is 70.9 Å². The summed E-state index contributed by atoms with van der Waals surface area (Å²) in [4.78, 5) is 22.9. The van der Waals surface area contributed by atoms with E-state index in [1.165, 1.54) is 4.90 Å². The Labute approximate surface area is 206 Å². The quantitative estimate of drug-likeness (QED) is 0.305. The van der Waals surface area contributed by atoms with Gasteiger partial charge in [-0.15, -0.1) is 11.3 Å². The average Bonchev–Trinajstić information content (AvgIpc) is 3.52. The smallest absolute Gasteiger partial charge is 0.407 e. The Balaban J connectivity index is 1.36. The highest BCUT2D eigenvalue weighted by atomic mass is 32.1. The highest BCUT2D eigenvalue weighted by Crippen LogP contribution is 2.26. The first-order valence-electron chi connectivity index (χ1n) is 11.7. The molecule has 0 radical (unpaired) electrons. The number of hydrogen-bond acceptors (Lipinski definition) is 8. The number of fused-ring (bicyclic) bond motifs is 2. The number of hydrogen-bond donors (Lipinski definition) is 4. The lowest BCUT2D eigenvalue weighted by molar-refractivity contribution is 0.0294. The Morgan fingerprint density at radius 3 is 2.86 bits per heavy atom. The number of aliphatic hydroxyl groups excluding tert-OH is 1. The van der Waals surface area contributed by atoms with E-state index in [1.54, 1.807) is 11.3 Å². The van der Waals surface area contributed by atoms with Gasteiger partial charge in [0.05, 0.1) is 31.1 Å². The summed E-state index contributed by atoms with van der Waals surface area (Å²) in [5, 5.41) is 33.1. The predicted octanol–water partition coefficient (Wildman–Crippen LogP) is 3.26. The summed E-state index contributed by atoms with van der Waals surface area (Å²) in [6, 6.07) is 1.91. The molecule has 0 bridgehead atoms. The van der Waals surface area contributed by atoms with Gasteiger partial charge in [0.25, 0.3) is 0 Å². The van der Waals surface area contributed by atoms with Gasteiger partial charge in [-0.05, 0) is 19.3 Å². The fourth-order valence-corrected chi connectivity index (χ4v) is 5.31. The lowest BCUT2D eigenvalue weighted by Gasteiger charge is -2.34. The third-order valence-corrected chi connectivity index (χ3v) is 7.51. The minimum atomic E-state index is -0.993. The van der Waals surface area contributed by atoms with E-state index in [4.69, 9.17) is 9.97 Å². The van der Waals surface area contributed by atoms with Crippen LogP contribution in [0.15, 0.2) is 23.8 Å². The molecule has 0 spiro atoms. The van der Waals surface area contributed by atoms with Crippen LogP contribution in [0.1, 0.15) is 43.1 Å². The van der Waals surface area contributed by atoms with Gasteiger partial charge in [0, 0.05) is 47.9 Å². The molecule has 0 aromatic carbocycles. The number of likely N-dealkylation sites (tertiary alicyclic amines) is 1. The number of aromatic nitrogens is 5. The largest absolute Gasteiger partial charge is 0.465 e. The molecule has 4 N–H and O–H groups in total. The summed E-state index contributed by atoms with van der Waals surface area (Å²) in [7, 11) is 0. The molecule has 1 amide bonds. The second kappa shape index (κ2) is 9.34. The summed E-state index contributed by atoms with van der Waals surface area (Å²) < 4.78 is 3.90. The van der Waals surface area contributed by atoms with Crippen molar-refractivity contribution in [3.05, 3.63) is 40.8 Å². The summed E-state index contributed by atoms with van der Waals surface area (Å²) >= 11 is 1.62. The number of aryl methyl sites for hydroxylation is 1. The molecule has 1 aliphatic heterocycles. The molecule has 5 rings (SSSR count). The number of rotatable bonds is 7. The molecule has 0 unspecified atom stereocenters. The van der Waals surface area contributed by atoms with Crippen LogP contribution in [0.25, 0.3) is 10.6 Å². The number of amides is 1. The third kappa shape index (κ3) is 4.63. The highest BCUT2D eigenvalue weighted by molar-refractivity contribution is 7.15. The van der Waals surface area contributed by atoms with Gasteiger partial charge in [-0.2, -0.15) is 9.61 Å². The molecule has 12 heteroatoms. The van der Waals surface area contributed by atoms with Gasteiger partial charge in [0.2, 0.25) is 0 Å². The van der Waals surface area contributed by atoms with Gasteiger partial charge >= 0.3 is 6.09 Å². The molecule has 4 aromatic heterocycles. The number of piperidine rings is 1. The molecule has 186 valence electrons. The number of thiazole rings is 1. The first kappa shape index (κ1) is 23.4. The third-order valence-electron chi connectivity index (χ3n) is 6.55. The van der Waals surface area contributed by atoms with E-state index >= 15 is 0 Å². The van der Waals surface area contributed by atoms with E-state index < -0.39 is 12.2 Å². The van der Waals surface area contributed by atoms with Crippen LogP contribution in [0, 0.1) is 12.8 Å². The zero-order valence-corrected chi connectivity index (χ0v) is 20.8. The maximum atomic E-state index is 11.2. The van der Waals surface area contributed by atoms with Crippen molar-refractivity contribution < 1.29 is 15.0 Å². The van der Waals surface area contributed by atoms with Gasteiger partial charge < -0.3 is 25.7 Å². The van der Waals surface area contributed by atoms with Gasteiger partial charge in [0.1, 0.15) is 11.6 Å². The second-order valence-electron chi connectivity index (χ2n) is 9.36. The lowest BCUT2D eigenvalue weighted by atomic mass is 9.94. The molecule has 1 aliphatic rings. The van der Waals surface area contributed by atoms with E-state index in [0.717, 1.165) is 33.4 Å². The fraction of sp³-hybridized carbons (Fsp3) is 0.478. The number of nitrogens with one attached hydrogen (secondary N) is 2. The van der Waals surface area contributed by atoms with E-state index in [1.807, 2.05) is 23.0 Å². The van der Waals surface area contributed by atoms with Crippen molar-refractivity contribution in [2.45, 2.75) is 45.8 Å². The van der Waals surface area contributed by atoms with Crippen molar-refractivity contribution in [1.82, 2.24) is 28.9 Å². The topological polar surface area (TPSA) is 132 Å². The van der Waals surface area contributed by atoms with Gasteiger partial charge in [-0.25, -0.2) is 14.8 Å². The van der Waals surface area contributed by atoms with Crippen LogP contribution in [0.3, 0.4) is 0 Å². The Kier molecular flexibility index (Phi) is 6.24. The lowest BCUT2D eigenvalue weighted by Crippen LogP contribution is -2.47. The monoisotopic (exact) mass is 498 g/mol. The van der Waals surface area contributed by atoms with E-state index in [9.17, 15) is 15.0 Å². The van der Waals surface area contributed by atoms with Crippen molar-refractivity contribution in [2.24, 2.45) is 5.92 Å². The number of β-amino-alcohol motifs (C(OH)–C–C–N with tert-alkyl or cyclic N) is 1. The fourth-order valence-electron chi connectivity index (χ4n) is 4.44. The summed E-state index contributed by atoms with van der Waals surface area (Å²) in [5.74, 6) is 1.67. The Morgan fingerprint density at radius 1 is 1.31 bits per heavy atom. The van der Waals surface area contributed by atoms with Crippen LogP contribution in [0.5, 0.6) is 0 Å². The van der Waals surface area contributed by atoms with E-state index in [2.05, 4.69) is 46.3 Å². The van der Waals surface area contributed by atoms with Crippen molar-refractivity contribution in [3.63, 3.8) is 0 Å². The number of imidazole rings is 1. The predicted molar refractivity (Wildman–Crippen MR) is 134 cm³/mol. The summed E-state index contributed by atoms with van der Waals surface area (Å²) in [5.41, 5.74) is 3.91. The average molecular weight is 499 g/mol. The maximum Gasteiger partial charge on any atom is 0.407 e. The number of anilines is 2. The van der Waals surface area contributed by atoms with Gasteiger partial charge in [-0.3, -0.25) is 4.40 Å². The SMILES string of the molecule is Cc1csc2nc(CNc3cc(NC[C@H]4CCN(C(=O)O)C[C@@H]4O)nc4c(C(C)C)cnn34)cn12. The van der Waals surface area contributed by atoms with Crippen LogP contribution in [0.4, 0.5) is 16.4 Å². The Morgan fingerprint density at radius 2 is 2.14 bits per heavy atom. The zero-order chi connectivity index (χ0) is 24.7. The molecular weight excluding hydrogens is 468 g/mol. The highest BCUT2D eigenvalue weighted by Gasteiger charge is 2.30. The molecule has 11 nitrogen and oxygen atoms in total. The van der Waals surface area contributed by atoms with Crippen molar-refractivity contribution in [1.29, 1.82) is 0 Å². The van der Waals surface area contributed by atoms with E-state index in [0.29, 0.717) is 31.9 Å². The van der Waals surface area contributed by atoms with Crippen molar-refractivity contribution in [3.8, 4) is 0 Å². The van der Waals surface area contributed by atoms with Crippen LogP contribution < -0.4 is 10.6 Å². The van der Waals surface area contributed by atoms with Gasteiger partial charge in [0.15, 0.2) is 10.6 Å². The molecule has 0 saturated carbocycles. The maximum absolute atomic E-state index is 11.2.